The Balaban J connectivity index is 2.37. The molecule has 0 heterocycles. The highest BCUT2D eigenvalue weighted by molar-refractivity contribution is 5.70. The number of rotatable bonds is 19. The molecule has 1 aromatic carbocycles. The quantitative estimate of drug-likeness (QED) is 0.187. The summed E-state index contributed by atoms with van der Waals surface area (Å²) in [5.74, 6) is -0.486. The van der Waals surface area contributed by atoms with E-state index in [-0.39, 0.29) is 25.2 Å². The predicted molar refractivity (Wildman–Crippen MR) is 124 cm³/mol. The van der Waals surface area contributed by atoms with E-state index in [9.17, 15) is 9.59 Å². The van der Waals surface area contributed by atoms with Crippen molar-refractivity contribution < 1.29 is 23.8 Å². The minimum Gasteiger partial charge on any atom is -0.462 e. The molecular weight excluding hydrogens is 392 g/mol. The molecule has 0 N–H and O–H groups in total. The summed E-state index contributed by atoms with van der Waals surface area (Å²) in [4.78, 5) is 24.2. The lowest BCUT2D eigenvalue weighted by molar-refractivity contribution is -0.163. The van der Waals surface area contributed by atoms with E-state index in [1.165, 1.54) is 25.7 Å². The number of benzene rings is 1. The average molecular weight is 435 g/mol. The van der Waals surface area contributed by atoms with Crippen LogP contribution in [0.5, 0.6) is 0 Å². The number of unbranched alkanes of at least 4 members (excludes halogenated alkanes) is 8. The largest absolute Gasteiger partial charge is 0.462 e. The van der Waals surface area contributed by atoms with Crippen LogP contribution in [-0.2, 0) is 30.4 Å². The summed E-state index contributed by atoms with van der Waals surface area (Å²) in [6.45, 7) is 5.02. The molecule has 0 fully saturated rings. The standard InChI is InChI=1S/C26H42O5/c1-3-5-7-9-14-18-25(27)30-22-24(21-29-20-23-16-12-11-13-17-23)31-26(28)19-15-10-8-6-4-2/h11-13,16-17,24H,3-10,14-15,18-22H2,1-2H3/t24-/m0/s1. The number of carbonyl (C=O) groups excluding carboxylic acids is 2. The van der Waals surface area contributed by atoms with E-state index < -0.39 is 6.10 Å². The predicted octanol–water partition coefficient (Wildman–Crippen LogP) is 6.38. The zero-order chi connectivity index (χ0) is 22.6. The summed E-state index contributed by atoms with van der Waals surface area (Å²) in [5.41, 5.74) is 1.05. The van der Waals surface area contributed by atoms with Crippen LogP contribution in [0.25, 0.3) is 0 Å². The van der Waals surface area contributed by atoms with E-state index in [1.807, 2.05) is 30.3 Å². The Bertz CT molecular complexity index is 572. The number of hydrogen-bond acceptors (Lipinski definition) is 5. The second-order valence-electron chi connectivity index (χ2n) is 8.12. The minimum absolute atomic E-state index is 0.0458. The van der Waals surface area contributed by atoms with Gasteiger partial charge in [-0.1, -0.05) is 95.5 Å². The molecule has 0 radical (unpaired) electrons. The summed E-state index contributed by atoms with van der Waals surface area (Å²) in [7, 11) is 0. The van der Waals surface area contributed by atoms with Gasteiger partial charge in [0, 0.05) is 12.8 Å². The van der Waals surface area contributed by atoms with Gasteiger partial charge in [-0.3, -0.25) is 9.59 Å². The number of ether oxygens (including phenoxy) is 3. The molecule has 5 nitrogen and oxygen atoms in total. The monoisotopic (exact) mass is 434 g/mol. The van der Waals surface area contributed by atoms with Gasteiger partial charge in [0.25, 0.3) is 0 Å². The van der Waals surface area contributed by atoms with Crippen LogP contribution in [0.15, 0.2) is 30.3 Å². The maximum absolute atomic E-state index is 12.2. The summed E-state index contributed by atoms with van der Waals surface area (Å²) in [5, 5.41) is 0. The SMILES string of the molecule is CCCCCCCC(=O)OC[C@H](COCc1ccccc1)OC(=O)CCCCCCC. The Hall–Kier alpha value is -1.88. The molecular formula is C26H42O5. The molecule has 0 aliphatic heterocycles. The van der Waals surface area contributed by atoms with Crippen LogP contribution in [0.2, 0.25) is 0 Å². The summed E-state index contributed by atoms with van der Waals surface area (Å²) < 4.78 is 16.7. The van der Waals surface area contributed by atoms with E-state index in [4.69, 9.17) is 14.2 Å². The highest BCUT2D eigenvalue weighted by atomic mass is 16.6. The fraction of sp³-hybridized carbons (Fsp3) is 0.692. The molecule has 0 unspecified atom stereocenters. The number of carbonyl (C=O) groups is 2. The third-order valence-corrected chi connectivity index (χ3v) is 5.11. The molecule has 0 aliphatic rings. The second-order valence-corrected chi connectivity index (χ2v) is 8.12. The smallest absolute Gasteiger partial charge is 0.306 e. The van der Waals surface area contributed by atoms with E-state index in [0.717, 1.165) is 44.1 Å². The molecule has 0 aromatic heterocycles. The van der Waals surface area contributed by atoms with Crippen molar-refractivity contribution in [1.29, 1.82) is 0 Å². The van der Waals surface area contributed by atoms with Gasteiger partial charge in [0.1, 0.15) is 6.61 Å². The third kappa shape index (κ3) is 15.6. The van der Waals surface area contributed by atoms with E-state index >= 15 is 0 Å². The average Bonchev–Trinajstić information content (AvgIpc) is 2.77. The van der Waals surface area contributed by atoms with Crippen molar-refractivity contribution in [3.05, 3.63) is 35.9 Å². The zero-order valence-corrected chi connectivity index (χ0v) is 19.6. The summed E-state index contributed by atoms with van der Waals surface area (Å²) >= 11 is 0. The lowest BCUT2D eigenvalue weighted by atomic mass is 10.1. The van der Waals surface area contributed by atoms with Crippen LogP contribution >= 0.6 is 0 Å². The van der Waals surface area contributed by atoms with Crippen LogP contribution in [0, 0.1) is 0 Å². The molecule has 0 bridgehead atoms. The third-order valence-electron chi connectivity index (χ3n) is 5.11. The molecule has 176 valence electrons. The second kappa shape index (κ2) is 18.9. The van der Waals surface area contributed by atoms with Crippen LogP contribution in [-0.4, -0.2) is 31.3 Å². The summed E-state index contributed by atoms with van der Waals surface area (Å²) in [6.07, 6.45) is 11.0. The molecule has 1 atom stereocenters. The first kappa shape index (κ1) is 27.2. The van der Waals surface area contributed by atoms with Crippen molar-refractivity contribution >= 4 is 11.9 Å². The lowest BCUT2D eigenvalue weighted by Crippen LogP contribution is -2.29. The van der Waals surface area contributed by atoms with Gasteiger partial charge < -0.3 is 14.2 Å². The first-order valence-electron chi connectivity index (χ1n) is 12.1. The van der Waals surface area contributed by atoms with Gasteiger partial charge in [-0.05, 0) is 18.4 Å². The highest BCUT2D eigenvalue weighted by Gasteiger charge is 2.17. The van der Waals surface area contributed by atoms with Gasteiger partial charge in [-0.25, -0.2) is 0 Å². The Kier molecular flexibility index (Phi) is 16.5. The molecule has 31 heavy (non-hydrogen) atoms. The number of hydrogen-bond donors (Lipinski definition) is 0. The first-order chi connectivity index (χ1) is 15.2. The Morgan fingerprint density at radius 3 is 1.94 bits per heavy atom. The Morgan fingerprint density at radius 1 is 0.742 bits per heavy atom. The van der Waals surface area contributed by atoms with Crippen molar-refractivity contribution in [3.8, 4) is 0 Å². The lowest BCUT2D eigenvalue weighted by Gasteiger charge is -2.18. The number of esters is 2. The molecule has 0 saturated heterocycles. The van der Waals surface area contributed by atoms with E-state index in [2.05, 4.69) is 13.8 Å². The van der Waals surface area contributed by atoms with Crippen molar-refractivity contribution in [2.45, 2.75) is 104 Å². The highest BCUT2D eigenvalue weighted by Crippen LogP contribution is 2.10. The topological polar surface area (TPSA) is 61.8 Å². The van der Waals surface area contributed by atoms with Crippen molar-refractivity contribution in [1.82, 2.24) is 0 Å². The van der Waals surface area contributed by atoms with Gasteiger partial charge in [-0.15, -0.1) is 0 Å². The van der Waals surface area contributed by atoms with Crippen LogP contribution in [0.3, 0.4) is 0 Å². The molecule has 0 spiro atoms. The maximum atomic E-state index is 12.2. The van der Waals surface area contributed by atoms with Gasteiger partial charge in [-0.2, -0.15) is 0 Å². The normalized spacial score (nSPS) is 11.8. The molecule has 1 rings (SSSR count). The van der Waals surface area contributed by atoms with Crippen LogP contribution in [0.4, 0.5) is 0 Å². The molecule has 0 amide bonds. The zero-order valence-electron chi connectivity index (χ0n) is 19.6. The minimum atomic E-state index is -0.573. The molecule has 0 saturated carbocycles. The summed E-state index contributed by atoms with van der Waals surface area (Å²) in [6, 6.07) is 9.83. The van der Waals surface area contributed by atoms with E-state index in [1.54, 1.807) is 0 Å². The van der Waals surface area contributed by atoms with Crippen molar-refractivity contribution in [2.24, 2.45) is 0 Å². The van der Waals surface area contributed by atoms with Crippen LogP contribution < -0.4 is 0 Å². The van der Waals surface area contributed by atoms with Gasteiger partial charge in [0.15, 0.2) is 6.10 Å². The Morgan fingerprint density at radius 2 is 1.32 bits per heavy atom. The Labute approximate surface area is 188 Å². The fourth-order valence-corrected chi connectivity index (χ4v) is 3.25. The maximum Gasteiger partial charge on any atom is 0.306 e. The van der Waals surface area contributed by atoms with Gasteiger partial charge in [0.05, 0.1) is 13.2 Å². The first-order valence-corrected chi connectivity index (χ1v) is 12.1. The van der Waals surface area contributed by atoms with Crippen molar-refractivity contribution in [3.63, 3.8) is 0 Å². The van der Waals surface area contributed by atoms with E-state index in [0.29, 0.717) is 19.4 Å². The van der Waals surface area contributed by atoms with Crippen LogP contribution in [0.1, 0.15) is 96.5 Å². The molecule has 1 aromatic rings. The fourth-order valence-electron chi connectivity index (χ4n) is 3.25. The van der Waals surface area contributed by atoms with Gasteiger partial charge in [0.2, 0.25) is 0 Å². The molecule has 5 heteroatoms. The van der Waals surface area contributed by atoms with Crippen molar-refractivity contribution in [2.75, 3.05) is 13.2 Å². The molecule has 0 aliphatic carbocycles. The van der Waals surface area contributed by atoms with Gasteiger partial charge >= 0.3 is 11.9 Å².